The van der Waals surface area contributed by atoms with Gasteiger partial charge in [0.25, 0.3) is 0 Å². The molecule has 0 fully saturated rings. The topological polar surface area (TPSA) is 86.8 Å². The number of aryl methyl sites for hydroxylation is 2. The largest absolute Gasteiger partial charge is 0.352 e. The normalized spacial score (nSPS) is 12.8. The molecule has 2 unspecified atom stereocenters. The molecule has 0 bridgehead atoms. The molecule has 0 aliphatic rings. The number of carbonyl (C=O) groups excluding carboxylic acids is 2. The molecule has 0 heterocycles. The zero-order chi connectivity index (χ0) is 29.4. The summed E-state index contributed by atoms with van der Waals surface area (Å²) in [5.41, 5.74) is 3.89. The summed E-state index contributed by atoms with van der Waals surface area (Å²) in [5.74, 6) is -0.741. The highest BCUT2D eigenvalue weighted by molar-refractivity contribution is 9.10. The fraction of sp³-hybridized carbons (Fsp3) is 0.355. The molecule has 0 spiro atoms. The van der Waals surface area contributed by atoms with Crippen molar-refractivity contribution in [3.63, 3.8) is 0 Å². The summed E-state index contributed by atoms with van der Waals surface area (Å²) >= 11 is 3.45. The molecule has 3 aromatic rings. The lowest BCUT2D eigenvalue weighted by molar-refractivity contribution is -0.140. The lowest BCUT2D eigenvalue weighted by Gasteiger charge is -2.34. The summed E-state index contributed by atoms with van der Waals surface area (Å²) in [4.78, 5) is 29.4. The Kier molecular flexibility index (Phi) is 10.9. The molecule has 3 rings (SSSR count). The van der Waals surface area contributed by atoms with Crippen LogP contribution in [0.4, 0.5) is 5.69 Å². The summed E-state index contributed by atoms with van der Waals surface area (Å²) in [6.07, 6.45) is 2.11. The van der Waals surface area contributed by atoms with E-state index in [-0.39, 0.29) is 24.9 Å². The van der Waals surface area contributed by atoms with Crippen molar-refractivity contribution in [3.8, 4) is 0 Å². The van der Waals surface area contributed by atoms with E-state index in [0.717, 1.165) is 43.7 Å². The van der Waals surface area contributed by atoms with Gasteiger partial charge in [0.2, 0.25) is 21.8 Å². The Morgan fingerprint density at radius 2 is 1.60 bits per heavy atom. The third-order valence-corrected chi connectivity index (χ3v) is 8.49. The van der Waals surface area contributed by atoms with Crippen molar-refractivity contribution in [3.05, 3.63) is 99.5 Å². The van der Waals surface area contributed by atoms with E-state index in [1.807, 2.05) is 94.4 Å². The molecule has 0 aliphatic heterocycles. The monoisotopic (exact) mass is 627 g/mol. The van der Waals surface area contributed by atoms with Crippen LogP contribution in [-0.2, 0) is 32.6 Å². The van der Waals surface area contributed by atoms with Crippen LogP contribution in [0.2, 0.25) is 0 Å². The summed E-state index contributed by atoms with van der Waals surface area (Å²) in [7, 11) is -3.81. The number of nitrogens with one attached hydrogen (secondary N) is 1. The quantitative estimate of drug-likeness (QED) is 0.292. The van der Waals surface area contributed by atoms with Crippen molar-refractivity contribution in [2.75, 3.05) is 17.1 Å². The van der Waals surface area contributed by atoms with Gasteiger partial charge in [-0.05, 0) is 62.1 Å². The van der Waals surface area contributed by atoms with Crippen LogP contribution in [0.1, 0.15) is 42.5 Å². The Balaban J connectivity index is 2.07. The molecule has 3 aromatic carbocycles. The van der Waals surface area contributed by atoms with Crippen LogP contribution in [0.3, 0.4) is 0 Å². The minimum atomic E-state index is -3.81. The van der Waals surface area contributed by atoms with Gasteiger partial charge in [0.1, 0.15) is 12.6 Å². The first-order chi connectivity index (χ1) is 18.9. The van der Waals surface area contributed by atoms with Crippen LogP contribution in [0.5, 0.6) is 0 Å². The number of sulfonamides is 1. The number of hydrogen-bond donors (Lipinski definition) is 1. The zero-order valence-corrected chi connectivity index (χ0v) is 26.1. The first kappa shape index (κ1) is 31.4. The van der Waals surface area contributed by atoms with Crippen LogP contribution in [0, 0.1) is 13.8 Å². The maximum atomic E-state index is 14.1. The average molecular weight is 629 g/mol. The lowest BCUT2D eigenvalue weighted by atomic mass is 10.0. The molecule has 214 valence electrons. The molecular formula is C31H38BrN3O4S. The van der Waals surface area contributed by atoms with Crippen LogP contribution in [0.25, 0.3) is 0 Å². The molecule has 0 radical (unpaired) electrons. The van der Waals surface area contributed by atoms with Gasteiger partial charge in [0, 0.05) is 23.5 Å². The van der Waals surface area contributed by atoms with Gasteiger partial charge in [-0.15, -0.1) is 0 Å². The minimum absolute atomic E-state index is 0.0851. The second kappa shape index (κ2) is 13.9. The van der Waals surface area contributed by atoms with E-state index in [2.05, 4.69) is 21.2 Å². The van der Waals surface area contributed by atoms with Crippen molar-refractivity contribution in [1.82, 2.24) is 10.2 Å². The molecule has 0 saturated heterocycles. The van der Waals surface area contributed by atoms with Gasteiger partial charge >= 0.3 is 0 Å². The van der Waals surface area contributed by atoms with Crippen molar-refractivity contribution < 1.29 is 18.0 Å². The van der Waals surface area contributed by atoms with Crippen LogP contribution >= 0.6 is 15.9 Å². The predicted octanol–water partition coefficient (Wildman–Crippen LogP) is 5.39. The molecule has 0 aliphatic carbocycles. The van der Waals surface area contributed by atoms with Gasteiger partial charge in [-0.1, -0.05) is 83.0 Å². The fourth-order valence-electron chi connectivity index (χ4n) is 4.46. The smallest absolute Gasteiger partial charge is 0.244 e. The van der Waals surface area contributed by atoms with Gasteiger partial charge in [-0.2, -0.15) is 0 Å². The van der Waals surface area contributed by atoms with E-state index in [9.17, 15) is 18.0 Å². The van der Waals surface area contributed by atoms with Gasteiger partial charge < -0.3 is 10.2 Å². The van der Waals surface area contributed by atoms with Crippen molar-refractivity contribution >= 4 is 43.5 Å². The molecule has 40 heavy (non-hydrogen) atoms. The number of amides is 2. The number of nitrogens with zero attached hydrogens (tertiary/aromatic N) is 2. The van der Waals surface area contributed by atoms with E-state index in [1.165, 1.54) is 4.90 Å². The van der Waals surface area contributed by atoms with E-state index < -0.39 is 28.5 Å². The van der Waals surface area contributed by atoms with E-state index >= 15 is 0 Å². The lowest BCUT2D eigenvalue weighted by Crippen LogP contribution is -2.54. The number of rotatable bonds is 12. The Bertz CT molecular complexity index is 1410. The van der Waals surface area contributed by atoms with Crippen molar-refractivity contribution in [2.45, 2.75) is 59.2 Å². The Morgan fingerprint density at radius 1 is 0.950 bits per heavy atom. The van der Waals surface area contributed by atoms with Gasteiger partial charge in [0.05, 0.1) is 11.9 Å². The number of halogens is 1. The first-order valence-electron chi connectivity index (χ1n) is 13.3. The highest BCUT2D eigenvalue weighted by Crippen LogP contribution is 2.25. The molecule has 0 aromatic heterocycles. The van der Waals surface area contributed by atoms with E-state index in [0.29, 0.717) is 5.69 Å². The maximum absolute atomic E-state index is 14.1. The molecule has 2 atom stereocenters. The van der Waals surface area contributed by atoms with Crippen LogP contribution in [0.15, 0.2) is 77.3 Å². The van der Waals surface area contributed by atoms with Gasteiger partial charge in [-0.3, -0.25) is 13.9 Å². The van der Waals surface area contributed by atoms with E-state index in [4.69, 9.17) is 0 Å². The number of benzene rings is 3. The molecule has 9 heteroatoms. The predicted molar refractivity (Wildman–Crippen MR) is 165 cm³/mol. The second-order valence-corrected chi connectivity index (χ2v) is 13.1. The molecule has 7 nitrogen and oxygen atoms in total. The molecule has 1 N–H and O–H groups in total. The fourth-order valence-corrected chi connectivity index (χ4v) is 5.63. The Labute approximate surface area is 246 Å². The zero-order valence-electron chi connectivity index (χ0n) is 23.7. The standard InChI is InChI=1S/C31H38BrN3O4S/c1-6-24(4)33-31(37)29(19-25-10-8-7-9-11-25)34(20-26-13-15-27(32)16-14-26)30(36)21-35(40(5,38)39)28-17-12-22(2)18-23(28)3/h7-18,24,29H,6,19-21H2,1-5H3,(H,33,37). The third kappa shape index (κ3) is 8.66. The van der Waals surface area contributed by atoms with Crippen LogP contribution in [-0.4, -0.2) is 50.0 Å². The maximum Gasteiger partial charge on any atom is 0.244 e. The third-order valence-electron chi connectivity index (χ3n) is 6.84. The van der Waals surface area contributed by atoms with Crippen LogP contribution < -0.4 is 9.62 Å². The number of hydrogen-bond acceptors (Lipinski definition) is 4. The summed E-state index contributed by atoms with van der Waals surface area (Å²) in [5, 5.41) is 3.04. The summed E-state index contributed by atoms with van der Waals surface area (Å²) in [6, 6.07) is 21.5. The highest BCUT2D eigenvalue weighted by atomic mass is 79.9. The Hall–Kier alpha value is -3.17. The Morgan fingerprint density at radius 3 is 2.17 bits per heavy atom. The number of anilines is 1. The number of carbonyl (C=O) groups is 2. The SMILES string of the molecule is CCC(C)NC(=O)C(Cc1ccccc1)N(Cc1ccc(Br)cc1)C(=O)CN(c1ccc(C)cc1C)S(C)(=O)=O. The summed E-state index contributed by atoms with van der Waals surface area (Å²) in [6.45, 7) is 7.36. The highest BCUT2D eigenvalue weighted by Gasteiger charge is 2.33. The molecule has 2 amide bonds. The van der Waals surface area contributed by atoms with Crippen molar-refractivity contribution in [2.24, 2.45) is 0 Å². The van der Waals surface area contributed by atoms with Gasteiger partial charge in [0.15, 0.2) is 0 Å². The average Bonchev–Trinajstić information content (AvgIpc) is 2.90. The second-order valence-electron chi connectivity index (χ2n) is 10.2. The summed E-state index contributed by atoms with van der Waals surface area (Å²) < 4.78 is 28.0. The first-order valence-corrected chi connectivity index (χ1v) is 16.0. The van der Waals surface area contributed by atoms with E-state index in [1.54, 1.807) is 6.07 Å². The van der Waals surface area contributed by atoms with Gasteiger partial charge in [-0.25, -0.2) is 8.42 Å². The molecule has 0 saturated carbocycles. The minimum Gasteiger partial charge on any atom is -0.352 e. The van der Waals surface area contributed by atoms with Crippen molar-refractivity contribution in [1.29, 1.82) is 0 Å². The molecular weight excluding hydrogens is 590 g/mol.